The molecule has 26 heavy (non-hydrogen) atoms. The molecular weight excluding hydrogens is 328 g/mol. The first-order valence-electron chi connectivity index (χ1n) is 9.33. The van der Waals surface area contributed by atoms with Crippen molar-refractivity contribution in [2.24, 2.45) is 5.41 Å². The quantitative estimate of drug-likeness (QED) is 0.850. The number of hydrogen-bond acceptors (Lipinski definition) is 3. The van der Waals surface area contributed by atoms with Crippen LogP contribution in [0.25, 0.3) is 0 Å². The number of amides is 2. The van der Waals surface area contributed by atoms with Crippen LogP contribution in [0.15, 0.2) is 53.3 Å². The third kappa shape index (κ3) is 3.14. The maximum Gasteiger partial charge on any atom is 0.257 e. The number of benzene rings is 1. The van der Waals surface area contributed by atoms with E-state index in [1.54, 1.807) is 6.07 Å². The van der Waals surface area contributed by atoms with Gasteiger partial charge in [-0.15, -0.1) is 0 Å². The van der Waals surface area contributed by atoms with Gasteiger partial charge in [0.15, 0.2) is 0 Å². The van der Waals surface area contributed by atoms with Crippen molar-refractivity contribution in [2.45, 2.75) is 25.7 Å². The molecule has 4 rings (SSSR count). The number of furan rings is 1. The van der Waals surface area contributed by atoms with Crippen LogP contribution in [0.4, 0.5) is 0 Å². The Morgan fingerprint density at radius 2 is 1.96 bits per heavy atom. The summed E-state index contributed by atoms with van der Waals surface area (Å²) in [6.45, 7) is 2.74. The van der Waals surface area contributed by atoms with Gasteiger partial charge in [-0.25, -0.2) is 0 Å². The Labute approximate surface area is 153 Å². The maximum absolute atomic E-state index is 13.2. The highest BCUT2D eigenvalue weighted by molar-refractivity contribution is 5.95. The lowest BCUT2D eigenvalue weighted by molar-refractivity contribution is -0.145. The van der Waals surface area contributed by atoms with E-state index in [0.29, 0.717) is 18.7 Å². The van der Waals surface area contributed by atoms with Crippen molar-refractivity contribution in [3.63, 3.8) is 0 Å². The predicted molar refractivity (Wildman–Crippen MR) is 97.6 cm³/mol. The van der Waals surface area contributed by atoms with Gasteiger partial charge in [0.25, 0.3) is 5.91 Å². The minimum Gasteiger partial charge on any atom is -0.472 e. The van der Waals surface area contributed by atoms with E-state index in [0.717, 1.165) is 38.8 Å². The first-order chi connectivity index (χ1) is 12.7. The van der Waals surface area contributed by atoms with Crippen LogP contribution in [-0.2, 0) is 11.2 Å². The van der Waals surface area contributed by atoms with Gasteiger partial charge in [-0.1, -0.05) is 30.3 Å². The lowest BCUT2D eigenvalue weighted by Crippen LogP contribution is -2.50. The Morgan fingerprint density at radius 3 is 2.73 bits per heavy atom. The van der Waals surface area contributed by atoms with Crippen LogP contribution >= 0.6 is 0 Å². The molecule has 0 bridgehead atoms. The Kier molecular flexibility index (Phi) is 4.53. The van der Waals surface area contributed by atoms with E-state index in [4.69, 9.17) is 4.42 Å². The molecule has 2 aliphatic heterocycles. The number of rotatable bonds is 4. The largest absolute Gasteiger partial charge is 0.472 e. The normalized spacial score (nSPS) is 23.0. The molecule has 0 unspecified atom stereocenters. The molecule has 2 amide bonds. The monoisotopic (exact) mass is 352 g/mol. The van der Waals surface area contributed by atoms with Gasteiger partial charge in [0.05, 0.1) is 17.2 Å². The summed E-state index contributed by atoms with van der Waals surface area (Å²) in [6.07, 6.45) is 6.51. The van der Waals surface area contributed by atoms with Gasteiger partial charge < -0.3 is 14.2 Å². The van der Waals surface area contributed by atoms with Crippen LogP contribution in [0.1, 0.15) is 35.2 Å². The Morgan fingerprint density at radius 1 is 1.12 bits per heavy atom. The molecule has 2 fully saturated rings. The second-order valence-corrected chi connectivity index (χ2v) is 7.40. The molecule has 3 heterocycles. The van der Waals surface area contributed by atoms with Crippen molar-refractivity contribution < 1.29 is 14.0 Å². The number of piperidine rings is 1. The number of nitrogens with zero attached hydrogens (tertiary/aromatic N) is 2. The fraction of sp³-hybridized carbons (Fsp3) is 0.429. The Hall–Kier alpha value is -2.56. The SMILES string of the molecule is O=C(c1ccoc1)N1CC[C@]2(CCCN(CCc3ccccc3)C2=O)C1. The first kappa shape index (κ1) is 16.9. The van der Waals surface area contributed by atoms with Crippen molar-refractivity contribution in [1.29, 1.82) is 0 Å². The molecule has 0 radical (unpaired) electrons. The zero-order valence-electron chi connectivity index (χ0n) is 14.9. The smallest absolute Gasteiger partial charge is 0.257 e. The second-order valence-electron chi connectivity index (χ2n) is 7.40. The lowest BCUT2D eigenvalue weighted by Gasteiger charge is -2.39. The number of carbonyl (C=O) groups excluding carboxylic acids is 2. The fourth-order valence-corrected chi connectivity index (χ4v) is 4.27. The van der Waals surface area contributed by atoms with Crippen molar-refractivity contribution in [3.05, 3.63) is 60.1 Å². The van der Waals surface area contributed by atoms with Gasteiger partial charge in [0.2, 0.25) is 5.91 Å². The van der Waals surface area contributed by atoms with E-state index in [2.05, 4.69) is 12.1 Å². The average molecular weight is 352 g/mol. The third-order valence-electron chi connectivity index (χ3n) is 5.75. The molecule has 2 aromatic rings. The van der Waals surface area contributed by atoms with E-state index < -0.39 is 5.41 Å². The molecule has 0 saturated carbocycles. The van der Waals surface area contributed by atoms with Crippen LogP contribution in [0.2, 0.25) is 0 Å². The predicted octanol–water partition coefficient (Wildman–Crippen LogP) is 2.98. The third-order valence-corrected chi connectivity index (χ3v) is 5.75. The van der Waals surface area contributed by atoms with Gasteiger partial charge in [0, 0.05) is 26.2 Å². The van der Waals surface area contributed by atoms with E-state index in [9.17, 15) is 9.59 Å². The van der Waals surface area contributed by atoms with E-state index in [-0.39, 0.29) is 11.8 Å². The molecule has 2 saturated heterocycles. The van der Waals surface area contributed by atoms with Gasteiger partial charge in [-0.05, 0) is 37.3 Å². The highest BCUT2D eigenvalue weighted by Crippen LogP contribution is 2.40. The number of likely N-dealkylation sites (tertiary alicyclic amines) is 2. The minimum absolute atomic E-state index is 0.0372. The minimum atomic E-state index is -0.395. The number of carbonyl (C=O) groups is 2. The van der Waals surface area contributed by atoms with E-state index >= 15 is 0 Å². The molecule has 136 valence electrons. The lowest BCUT2D eigenvalue weighted by atomic mass is 9.78. The summed E-state index contributed by atoms with van der Waals surface area (Å²) in [5, 5.41) is 0. The molecule has 0 aliphatic carbocycles. The summed E-state index contributed by atoms with van der Waals surface area (Å²) in [5.41, 5.74) is 1.42. The zero-order valence-corrected chi connectivity index (χ0v) is 14.9. The van der Waals surface area contributed by atoms with E-state index in [1.165, 1.54) is 18.1 Å². The van der Waals surface area contributed by atoms with Gasteiger partial charge in [0.1, 0.15) is 6.26 Å². The summed E-state index contributed by atoms with van der Waals surface area (Å²) in [6, 6.07) is 12.0. The maximum atomic E-state index is 13.2. The summed E-state index contributed by atoms with van der Waals surface area (Å²) < 4.78 is 5.02. The molecule has 5 heteroatoms. The first-order valence-corrected chi connectivity index (χ1v) is 9.33. The van der Waals surface area contributed by atoms with Crippen LogP contribution < -0.4 is 0 Å². The van der Waals surface area contributed by atoms with Crippen molar-refractivity contribution in [1.82, 2.24) is 9.80 Å². The molecular formula is C21H24N2O3. The highest BCUT2D eigenvalue weighted by Gasteiger charge is 2.49. The van der Waals surface area contributed by atoms with Gasteiger partial charge >= 0.3 is 0 Å². The number of hydrogen-bond donors (Lipinski definition) is 0. The summed E-state index contributed by atoms with van der Waals surface area (Å²) in [4.78, 5) is 29.6. The molecule has 1 atom stereocenters. The molecule has 1 aromatic carbocycles. The van der Waals surface area contributed by atoms with Crippen LogP contribution in [0.5, 0.6) is 0 Å². The molecule has 1 aromatic heterocycles. The van der Waals surface area contributed by atoms with Crippen molar-refractivity contribution in [2.75, 3.05) is 26.2 Å². The molecule has 0 N–H and O–H groups in total. The summed E-state index contributed by atoms with van der Waals surface area (Å²) in [7, 11) is 0. The van der Waals surface area contributed by atoms with Crippen LogP contribution in [-0.4, -0.2) is 47.8 Å². The summed E-state index contributed by atoms with van der Waals surface area (Å²) in [5.74, 6) is 0.187. The van der Waals surface area contributed by atoms with Crippen molar-refractivity contribution in [3.8, 4) is 0 Å². The second kappa shape index (κ2) is 6.98. The molecule has 5 nitrogen and oxygen atoms in total. The Bertz CT molecular complexity index is 772. The van der Waals surface area contributed by atoms with Gasteiger partial charge in [-0.2, -0.15) is 0 Å². The molecule has 2 aliphatic rings. The van der Waals surface area contributed by atoms with Crippen LogP contribution in [0.3, 0.4) is 0 Å². The van der Waals surface area contributed by atoms with Crippen LogP contribution in [0, 0.1) is 5.41 Å². The van der Waals surface area contributed by atoms with Crippen molar-refractivity contribution >= 4 is 11.8 Å². The topological polar surface area (TPSA) is 53.8 Å². The Balaban J connectivity index is 1.42. The fourth-order valence-electron chi connectivity index (χ4n) is 4.27. The zero-order chi connectivity index (χ0) is 18.0. The standard InChI is InChI=1S/C21H24N2O3/c24-19(18-8-14-26-15-18)23-13-10-21(16-23)9-4-11-22(20(21)25)12-7-17-5-2-1-3-6-17/h1-3,5-6,8,14-15H,4,7,9-13,16H2/t21-/m1/s1. The highest BCUT2D eigenvalue weighted by atomic mass is 16.3. The molecule has 1 spiro atoms. The van der Waals surface area contributed by atoms with Gasteiger partial charge in [-0.3, -0.25) is 9.59 Å². The van der Waals surface area contributed by atoms with E-state index in [1.807, 2.05) is 28.0 Å². The average Bonchev–Trinajstić information content (AvgIpc) is 3.34. The summed E-state index contributed by atoms with van der Waals surface area (Å²) >= 11 is 0.